The molecule has 0 aliphatic heterocycles. The van der Waals surface area contributed by atoms with Crippen LogP contribution < -0.4 is 9.47 Å². The minimum absolute atomic E-state index is 0.107. The highest BCUT2D eigenvalue weighted by atomic mass is 16.7. The molecule has 0 saturated carbocycles. The van der Waals surface area contributed by atoms with E-state index in [0.717, 1.165) is 0 Å². The molecule has 0 amide bonds. The molecule has 10 nitrogen and oxygen atoms in total. The molecule has 0 fully saturated rings. The van der Waals surface area contributed by atoms with Crippen molar-refractivity contribution in [3.05, 3.63) is 58.7 Å². The van der Waals surface area contributed by atoms with Gasteiger partial charge >= 0.3 is 0 Å². The van der Waals surface area contributed by atoms with Gasteiger partial charge in [-0.15, -0.1) is 0 Å². The van der Waals surface area contributed by atoms with Crippen LogP contribution in [0.4, 0.5) is 0 Å². The lowest BCUT2D eigenvalue weighted by Gasteiger charge is -2.28. The fourth-order valence-corrected chi connectivity index (χ4v) is 9.45. The Balaban J connectivity index is 1.41. The molecule has 0 aliphatic carbocycles. The second kappa shape index (κ2) is 12.2. The molecule has 8 rings (SSSR count). The van der Waals surface area contributed by atoms with Crippen LogP contribution in [0.1, 0.15) is 105 Å². The van der Waals surface area contributed by atoms with Gasteiger partial charge in [-0.1, -0.05) is 83.1 Å². The molecule has 0 radical (unpaired) electrons. The van der Waals surface area contributed by atoms with Gasteiger partial charge in [0, 0.05) is 76.1 Å². The van der Waals surface area contributed by atoms with E-state index >= 15 is 0 Å². The van der Waals surface area contributed by atoms with Crippen molar-refractivity contribution in [1.82, 2.24) is 0 Å². The van der Waals surface area contributed by atoms with Crippen LogP contribution in [0.15, 0.2) is 36.4 Å². The Kier molecular flexibility index (Phi) is 8.19. The average molecular weight is 801 g/mol. The summed E-state index contributed by atoms with van der Waals surface area (Å²) in [6, 6.07) is 9.94. The quantitative estimate of drug-likeness (QED) is 0.0630. The first-order chi connectivity index (χ1) is 27.2. The van der Waals surface area contributed by atoms with Crippen molar-refractivity contribution in [2.24, 2.45) is 0 Å². The first kappa shape index (κ1) is 39.7. The van der Waals surface area contributed by atoms with Crippen LogP contribution in [0.5, 0.6) is 57.5 Å². The lowest BCUT2D eigenvalue weighted by molar-refractivity contribution is 0.123. The summed E-state index contributed by atoms with van der Waals surface area (Å²) in [7, 11) is 0. The Hall–Kier alpha value is -6.16. The van der Waals surface area contributed by atoms with E-state index in [9.17, 15) is 40.9 Å². The fraction of sp³-hybridized carbons (Fsp3) is 0.347. The second-order valence-electron chi connectivity index (χ2n) is 20.1. The maximum atomic E-state index is 12.1. The molecule has 0 aromatic heterocycles. The average Bonchev–Trinajstić information content (AvgIpc) is 3.09. The van der Waals surface area contributed by atoms with Gasteiger partial charge in [0.15, 0.2) is 0 Å². The van der Waals surface area contributed by atoms with Crippen molar-refractivity contribution in [1.29, 1.82) is 0 Å². The zero-order chi connectivity index (χ0) is 43.4. The second-order valence-corrected chi connectivity index (χ2v) is 20.1. The summed E-state index contributed by atoms with van der Waals surface area (Å²) in [5.41, 5.74) is -1.64. The molecular weight excluding hydrogens is 749 g/mol. The molecule has 0 atom stereocenters. The van der Waals surface area contributed by atoms with E-state index < -0.39 is 28.5 Å². The van der Waals surface area contributed by atoms with Crippen molar-refractivity contribution < 1.29 is 50.3 Å². The molecule has 0 bridgehead atoms. The molecular formula is C49H52O10. The van der Waals surface area contributed by atoms with Crippen molar-refractivity contribution in [3.63, 3.8) is 0 Å². The molecule has 0 unspecified atom stereocenters. The van der Waals surface area contributed by atoms with Gasteiger partial charge in [0.25, 0.3) is 0 Å². The van der Waals surface area contributed by atoms with Crippen LogP contribution in [0, 0.1) is 0 Å². The first-order valence-electron chi connectivity index (χ1n) is 19.8. The highest BCUT2D eigenvalue weighted by molar-refractivity contribution is 6.31. The number of phenols is 8. The highest BCUT2D eigenvalue weighted by Crippen LogP contribution is 2.59. The summed E-state index contributed by atoms with van der Waals surface area (Å²) in [5, 5.41) is 98.8. The van der Waals surface area contributed by atoms with E-state index in [0.29, 0.717) is 65.0 Å². The topological polar surface area (TPSA) is 180 Å². The standard InChI is InChI=1S/C49H52O10/c1-46(2,3)34-38(50)20-13-15-22-30-28(20)24(42(34)54)17-26(32(30)44(56)36(40(22)52)48(7,8)9)58-19-59-27-18-25-29-21(39(51)35(43(25)55)47(4,5)6)14-16-23-31(29)33(27)45(57)37(41(23)53)49(10,11)12/h13-18,50-57H,19H2,1-12H3. The molecule has 8 N–H and O–H groups in total. The summed E-state index contributed by atoms with van der Waals surface area (Å²) in [6.07, 6.45) is 0. The lowest BCUT2D eigenvalue weighted by atomic mass is 9.79. The summed E-state index contributed by atoms with van der Waals surface area (Å²) >= 11 is 0. The number of benzene rings is 8. The number of rotatable bonds is 4. The van der Waals surface area contributed by atoms with Gasteiger partial charge in [0.1, 0.15) is 57.5 Å². The summed E-state index contributed by atoms with van der Waals surface area (Å²) < 4.78 is 12.9. The van der Waals surface area contributed by atoms with Crippen molar-refractivity contribution >= 4 is 64.6 Å². The predicted molar refractivity (Wildman–Crippen MR) is 235 cm³/mol. The Labute approximate surface area is 341 Å². The molecule has 308 valence electrons. The van der Waals surface area contributed by atoms with Crippen molar-refractivity contribution in [3.8, 4) is 57.5 Å². The molecule has 59 heavy (non-hydrogen) atoms. The van der Waals surface area contributed by atoms with Gasteiger partial charge in [0.2, 0.25) is 6.79 Å². The van der Waals surface area contributed by atoms with Gasteiger partial charge < -0.3 is 50.3 Å². The van der Waals surface area contributed by atoms with Crippen molar-refractivity contribution in [2.45, 2.75) is 105 Å². The third-order valence-corrected chi connectivity index (χ3v) is 11.8. The minimum Gasteiger partial charge on any atom is -0.507 e. The predicted octanol–water partition coefficient (Wildman–Crippen LogP) is 11.7. The van der Waals surface area contributed by atoms with E-state index in [1.165, 1.54) is 0 Å². The van der Waals surface area contributed by atoms with Crippen LogP contribution in [0.25, 0.3) is 64.6 Å². The van der Waals surface area contributed by atoms with Gasteiger partial charge in [-0.05, 0) is 58.1 Å². The van der Waals surface area contributed by atoms with Gasteiger partial charge in [-0.25, -0.2) is 0 Å². The van der Waals surface area contributed by atoms with Gasteiger partial charge in [-0.2, -0.15) is 0 Å². The number of ether oxygens (including phenoxy) is 2. The maximum Gasteiger partial charge on any atom is 0.230 e. The number of aromatic hydroxyl groups is 8. The molecule has 8 aromatic rings. The maximum absolute atomic E-state index is 12.1. The van der Waals surface area contributed by atoms with E-state index in [2.05, 4.69) is 0 Å². The van der Waals surface area contributed by atoms with Crippen LogP contribution in [0.2, 0.25) is 0 Å². The Morgan fingerprint density at radius 3 is 0.831 bits per heavy atom. The zero-order valence-corrected chi connectivity index (χ0v) is 35.6. The summed E-state index contributed by atoms with van der Waals surface area (Å²) in [4.78, 5) is 0. The number of phenolic OH excluding ortho intramolecular Hbond substituents is 8. The third-order valence-electron chi connectivity index (χ3n) is 11.8. The van der Waals surface area contributed by atoms with Gasteiger partial charge in [-0.3, -0.25) is 0 Å². The van der Waals surface area contributed by atoms with Crippen LogP contribution >= 0.6 is 0 Å². The molecule has 0 saturated heterocycles. The highest BCUT2D eigenvalue weighted by Gasteiger charge is 2.35. The van der Waals surface area contributed by atoms with Crippen LogP contribution in [-0.2, 0) is 21.7 Å². The SMILES string of the molecule is CC(C)(C)c1c(O)c2ccc3c(O)c(C(C)(C)C)c(O)c4c(OCOc5cc6c(O)c(C(C)(C)C)c(O)c7ccc8c(O)c(C(C)(C)C)c(O)c5c8c76)cc(c1O)c2c34. The monoisotopic (exact) mass is 800 g/mol. The Bertz CT molecular complexity index is 2870. The Morgan fingerprint density at radius 1 is 0.322 bits per heavy atom. The van der Waals surface area contributed by atoms with Gasteiger partial charge in [0.05, 0.1) is 10.8 Å². The smallest absolute Gasteiger partial charge is 0.230 e. The number of hydrogen-bond donors (Lipinski definition) is 8. The summed E-state index contributed by atoms with van der Waals surface area (Å²) in [6.45, 7) is 21.9. The number of hydrogen-bond acceptors (Lipinski definition) is 10. The normalized spacial score (nSPS) is 13.4. The lowest BCUT2D eigenvalue weighted by Crippen LogP contribution is -2.14. The van der Waals surface area contributed by atoms with E-state index in [1.807, 2.05) is 83.1 Å². The minimum atomic E-state index is -0.730. The summed E-state index contributed by atoms with van der Waals surface area (Å²) in [5.74, 6) is -1.12. The van der Waals surface area contributed by atoms with Crippen LogP contribution in [0.3, 0.4) is 0 Å². The zero-order valence-electron chi connectivity index (χ0n) is 35.6. The molecule has 10 heteroatoms. The molecule has 8 aromatic carbocycles. The van der Waals surface area contributed by atoms with E-state index in [4.69, 9.17) is 9.47 Å². The van der Waals surface area contributed by atoms with E-state index in [-0.39, 0.29) is 79.4 Å². The largest absolute Gasteiger partial charge is 0.507 e. The van der Waals surface area contributed by atoms with Crippen LogP contribution in [-0.4, -0.2) is 47.6 Å². The molecule has 0 aliphatic rings. The van der Waals surface area contributed by atoms with E-state index in [1.54, 1.807) is 36.4 Å². The first-order valence-corrected chi connectivity index (χ1v) is 19.8. The molecule has 0 spiro atoms. The third kappa shape index (κ3) is 5.44. The molecule has 0 heterocycles. The Morgan fingerprint density at radius 2 is 0.559 bits per heavy atom. The fourth-order valence-electron chi connectivity index (χ4n) is 9.45. The van der Waals surface area contributed by atoms with Crippen molar-refractivity contribution in [2.75, 3.05) is 6.79 Å².